The van der Waals surface area contributed by atoms with Crippen LogP contribution in [0, 0.1) is 0 Å². The Hall–Kier alpha value is -1.95. The molecule has 0 aliphatic carbocycles. The van der Waals surface area contributed by atoms with Crippen molar-refractivity contribution in [2.75, 3.05) is 26.0 Å². The van der Waals surface area contributed by atoms with Gasteiger partial charge in [-0.25, -0.2) is 9.97 Å². The van der Waals surface area contributed by atoms with E-state index in [1.165, 1.54) is 5.56 Å². The summed E-state index contributed by atoms with van der Waals surface area (Å²) in [6.45, 7) is 0.739. The zero-order chi connectivity index (χ0) is 13.0. The average molecular weight is 246 g/mol. The van der Waals surface area contributed by atoms with Crippen LogP contribution in [0.1, 0.15) is 11.6 Å². The zero-order valence-electron chi connectivity index (χ0n) is 10.9. The molecule has 6 heteroatoms. The third kappa shape index (κ3) is 3.04. The van der Waals surface area contributed by atoms with Gasteiger partial charge in [-0.2, -0.15) is 5.10 Å². The lowest BCUT2D eigenvalue weighted by atomic mass is 10.1. The first-order valence-corrected chi connectivity index (χ1v) is 5.82. The maximum absolute atomic E-state index is 4.21. The highest BCUT2D eigenvalue weighted by Gasteiger charge is 2.15. The maximum atomic E-state index is 4.21. The predicted molar refractivity (Wildman–Crippen MR) is 70.2 cm³/mol. The van der Waals surface area contributed by atoms with Crippen LogP contribution in [0.15, 0.2) is 30.9 Å². The Balaban J connectivity index is 2.04. The second kappa shape index (κ2) is 5.59. The number of anilines is 1. The summed E-state index contributed by atoms with van der Waals surface area (Å²) in [5, 5.41) is 7.44. The normalized spacial score (nSPS) is 12.7. The van der Waals surface area contributed by atoms with Crippen LogP contribution in [0.25, 0.3) is 0 Å². The van der Waals surface area contributed by atoms with Crippen molar-refractivity contribution in [3.05, 3.63) is 36.4 Å². The highest BCUT2D eigenvalue weighted by Crippen LogP contribution is 2.17. The molecule has 0 fully saturated rings. The van der Waals surface area contributed by atoms with Gasteiger partial charge in [-0.05, 0) is 20.2 Å². The van der Waals surface area contributed by atoms with Gasteiger partial charge in [0.05, 0.1) is 12.2 Å². The molecule has 2 aromatic heterocycles. The van der Waals surface area contributed by atoms with Gasteiger partial charge < -0.3 is 10.2 Å². The molecular formula is C12H18N6. The summed E-state index contributed by atoms with van der Waals surface area (Å²) in [6, 6.07) is 2.04. The number of rotatable bonds is 5. The largest absolute Gasteiger partial charge is 0.352 e. The lowest BCUT2D eigenvalue weighted by molar-refractivity contribution is 0.311. The van der Waals surface area contributed by atoms with Crippen molar-refractivity contribution in [2.45, 2.75) is 6.04 Å². The number of aromatic nitrogens is 4. The number of hydrogen-bond acceptors (Lipinski definition) is 5. The summed E-state index contributed by atoms with van der Waals surface area (Å²) < 4.78 is 1.81. The Morgan fingerprint density at radius 3 is 2.61 bits per heavy atom. The summed E-state index contributed by atoms with van der Waals surface area (Å²) in [6.07, 6.45) is 7.37. The smallest absolute Gasteiger partial charge is 0.222 e. The van der Waals surface area contributed by atoms with Gasteiger partial charge in [-0.3, -0.25) is 4.68 Å². The fourth-order valence-electron chi connectivity index (χ4n) is 1.79. The van der Waals surface area contributed by atoms with Crippen LogP contribution in [0.3, 0.4) is 0 Å². The van der Waals surface area contributed by atoms with Crippen LogP contribution in [-0.2, 0) is 7.05 Å². The van der Waals surface area contributed by atoms with E-state index in [9.17, 15) is 0 Å². The van der Waals surface area contributed by atoms with Gasteiger partial charge in [0.25, 0.3) is 0 Å². The van der Waals surface area contributed by atoms with E-state index in [-0.39, 0.29) is 6.04 Å². The van der Waals surface area contributed by atoms with Crippen molar-refractivity contribution in [2.24, 2.45) is 7.05 Å². The first kappa shape index (κ1) is 12.5. The topological polar surface area (TPSA) is 58.9 Å². The number of hydrogen-bond donors (Lipinski definition) is 1. The quantitative estimate of drug-likeness (QED) is 0.850. The van der Waals surface area contributed by atoms with E-state index >= 15 is 0 Å². The Kier molecular flexibility index (Phi) is 3.88. The van der Waals surface area contributed by atoms with Crippen molar-refractivity contribution in [3.63, 3.8) is 0 Å². The van der Waals surface area contributed by atoms with Gasteiger partial charge >= 0.3 is 0 Å². The van der Waals surface area contributed by atoms with Gasteiger partial charge in [0.2, 0.25) is 5.95 Å². The first-order valence-electron chi connectivity index (χ1n) is 5.82. The fourth-order valence-corrected chi connectivity index (χ4v) is 1.79. The Bertz CT molecular complexity index is 478. The van der Waals surface area contributed by atoms with Crippen molar-refractivity contribution in [3.8, 4) is 0 Å². The SMILES string of the molecule is CN(C)C(CNc1ncccn1)c1cnn(C)c1. The number of likely N-dealkylation sites (N-methyl/N-ethyl adjacent to an activating group) is 1. The van der Waals surface area contributed by atoms with Crippen LogP contribution < -0.4 is 5.32 Å². The second-order valence-corrected chi connectivity index (χ2v) is 4.38. The molecule has 0 aromatic carbocycles. The molecular weight excluding hydrogens is 228 g/mol. The minimum Gasteiger partial charge on any atom is -0.352 e. The summed E-state index contributed by atoms with van der Waals surface area (Å²) in [7, 11) is 6.01. The van der Waals surface area contributed by atoms with Crippen LogP contribution in [0.4, 0.5) is 5.95 Å². The van der Waals surface area contributed by atoms with E-state index in [1.807, 2.05) is 38.2 Å². The van der Waals surface area contributed by atoms with Gasteiger partial charge in [0.15, 0.2) is 0 Å². The Labute approximate surface area is 107 Å². The second-order valence-electron chi connectivity index (χ2n) is 4.38. The number of nitrogens with one attached hydrogen (secondary N) is 1. The molecule has 2 heterocycles. The van der Waals surface area contributed by atoms with Gasteiger partial charge in [-0.15, -0.1) is 0 Å². The molecule has 0 amide bonds. The minimum absolute atomic E-state index is 0.238. The minimum atomic E-state index is 0.238. The highest BCUT2D eigenvalue weighted by atomic mass is 15.2. The van der Waals surface area contributed by atoms with Crippen molar-refractivity contribution < 1.29 is 0 Å². The van der Waals surface area contributed by atoms with Crippen LogP contribution in [0.2, 0.25) is 0 Å². The predicted octanol–water partition coefficient (Wildman–Crippen LogP) is 0.925. The Morgan fingerprint density at radius 2 is 2.06 bits per heavy atom. The van der Waals surface area contributed by atoms with E-state index in [0.29, 0.717) is 5.95 Å². The maximum Gasteiger partial charge on any atom is 0.222 e. The lowest BCUT2D eigenvalue weighted by Crippen LogP contribution is -2.27. The standard InChI is InChI=1S/C12H18N6/c1-17(2)11(10-7-16-18(3)9-10)8-15-12-13-5-4-6-14-12/h4-7,9,11H,8H2,1-3H3,(H,13,14,15). The summed E-state index contributed by atoms with van der Waals surface area (Å²) in [5.41, 5.74) is 1.17. The summed E-state index contributed by atoms with van der Waals surface area (Å²) in [5.74, 6) is 0.647. The molecule has 0 spiro atoms. The molecule has 0 radical (unpaired) electrons. The number of nitrogens with zero attached hydrogens (tertiary/aromatic N) is 5. The zero-order valence-corrected chi connectivity index (χ0v) is 10.9. The molecule has 6 nitrogen and oxygen atoms in total. The lowest BCUT2D eigenvalue weighted by Gasteiger charge is -2.23. The molecule has 1 atom stereocenters. The molecule has 0 aliphatic heterocycles. The van der Waals surface area contributed by atoms with Crippen LogP contribution in [-0.4, -0.2) is 45.3 Å². The molecule has 18 heavy (non-hydrogen) atoms. The average Bonchev–Trinajstić information content (AvgIpc) is 2.77. The van der Waals surface area contributed by atoms with Gasteiger partial charge in [0.1, 0.15) is 0 Å². The molecule has 0 bridgehead atoms. The monoisotopic (exact) mass is 246 g/mol. The molecule has 1 unspecified atom stereocenters. The third-order valence-corrected chi connectivity index (χ3v) is 2.75. The highest BCUT2D eigenvalue weighted by molar-refractivity contribution is 5.24. The fraction of sp³-hybridized carbons (Fsp3) is 0.417. The van der Waals surface area contributed by atoms with E-state index in [0.717, 1.165) is 6.54 Å². The summed E-state index contributed by atoms with van der Waals surface area (Å²) >= 11 is 0. The molecule has 1 N–H and O–H groups in total. The van der Waals surface area contributed by atoms with E-state index < -0.39 is 0 Å². The molecule has 96 valence electrons. The van der Waals surface area contributed by atoms with Gasteiger partial charge in [-0.1, -0.05) is 0 Å². The van der Waals surface area contributed by atoms with E-state index in [2.05, 4.69) is 25.3 Å². The van der Waals surface area contributed by atoms with E-state index in [1.54, 1.807) is 18.5 Å². The third-order valence-electron chi connectivity index (χ3n) is 2.75. The van der Waals surface area contributed by atoms with Crippen molar-refractivity contribution in [1.29, 1.82) is 0 Å². The van der Waals surface area contributed by atoms with Crippen LogP contribution >= 0.6 is 0 Å². The Morgan fingerprint density at radius 1 is 1.33 bits per heavy atom. The first-order chi connectivity index (χ1) is 8.66. The summed E-state index contributed by atoms with van der Waals surface area (Å²) in [4.78, 5) is 10.4. The van der Waals surface area contributed by atoms with Gasteiger partial charge in [0, 0.05) is 37.7 Å². The number of aryl methyl sites for hydroxylation is 1. The molecule has 0 saturated heterocycles. The molecule has 0 aliphatic rings. The van der Waals surface area contributed by atoms with Crippen molar-refractivity contribution >= 4 is 5.95 Å². The van der Waals surface area contributed by atoms with Crippen molar-refractivity contribution in [1.82, 2.24) is 24.6 Å². The molecule has 2 rings (SSSR count). The van der Waals surface area contributed by atoms with Crippen LogP contribution in [0.5, 0.6) is 0 Å². The molecule has 0 saturated carbocycles. The molecule has 2 aromatic rings. The van der Waals surface area contributed by atoms with E-state index in [4.69, 9.17) is 0 Å².